The second-order valence-electron chi connectivity index (χ2n) is 10.2. The molecule has 2 fully saturated rings. The molecule has 10 heteroatoms. The second kappa shape index (κ2) is 12.7. The summed E-state index contributed by atoms with van der Waals surface area (Å²) in [5, 5.41) is 13.7. The summed E-state index contributed by atoms with van der Waals surface area (Å²) in [6.45, 7) is 11.0. The van der Waals surface area contributed by atoms with Crippen LogP contribution >= 0.6 is 11.8 Å². The number of likely N-dealkylation sites (tertiary alicyclic amines) is 1. The Kier molecular flexibility index (Phi) is 10.5. The third-order valence-corrected chi connectivity index (χ3v) is 8.02. The molecular weight excluding hydrogens is 454 g/mol. The van der Waals surface area contributed by atoms with Gasteiger partial charge in [-0.05, 0) is 70.5 Å². The van der Waals surface area contributed by atoms with Crippen LogP contribution < -0.4 is 16.4 Å². The van der Waals surface area contributed by atoms with Gasteiger partial charge in [0.1, 0.15) is 12.1 Å². The van der Waals surface area contributed by atoms with Gasteiger partial charge in [-0.25, -0.2) is 4.79 Å². The molecule has 0 bridgehead atoms. The topological polar surface area (TPSA) is 138 Å². The lowest BCUT2D eigenvalue weighted by atomic mass is 9.81. The van der Waals surface area contributed by atoms with E-state index in [4.69, 9.17) is 15.9 Å². The van der Waals surface area contributed by atoms with Crippen LogP contribution in [0.2, 0.25) is 0 Å². The third-order valence-electron chi connectivity index (χ3n) is 6.71. The molecule has 0 aromatic carbocycles. The van der Waals surface area contributed by atoms with E-state index in [0.717, 1.165) is 32.1 Å². The van der Waals surface area contributed by atoms with Gasteiger partial charge in [-0.15, -0.1) is 0 Å². The van der Waals surface area contributed by atoms with Crippen LogP contribution in [0.4, 0.5) is 4.79 Å². The van der Waals surface area contributed by atoms with Crippen molar-refractivity contribution >= 4 is 35.5 Å². The van der Waals surface area contributed by atoms with Crippen molar-refractivity contribution in [2.45, 2.75) is 95.2 Å². The lowest BCUT2D eigenvalue weighted by Gasteiger charge is -2.38. The number of hydrogen-bond acceptors (Lipinski definition) is 6. The van der Waals surface area contributed by atoms with Gasteiger partial charge < -0.3 is 26.0 Å². The fourth-order valence-electron chi connectivity index (χ4n) is 5.01. The molecule has 0 spiro atoms. The number of carbonyl (C=O) groups is 3. The SMILES string of the molecule is CCOC(=O)N[C@H](C(=O)N1CCC[C@H]1C(=O)NCC1CCC(C(=N)N)CC1)C(C)(C)SC(C)C. The van der Waals surface area contributed by atoms with Gasteiger partial charge in [0.15, 0.2) is 0 Å². The Morgan fingerprint density at radius 1 is 1.18 bits per heavy atom. The minimum Gasteiger partial charge on any atom is -0.450 e. The molecule has 9 nitrogen and oxygen atoms in total. The standard InChI is InChI=1S/C24H43N5O4S/c1-6-33-23(32)28-19(24(4,5)34-15(2)3)22(31)29-13-7-8-18(29)21(30)27-14-16-9-11-17(12-10-16)20(25)26/h15-19H,6-14H2,1-5H3,(H3,25,26)(H,27,30)(H,28,32)/t16?,17?,18-,19+/m0/s1. The highest BCUT2D eigenvalue weighted by molar-refractivity contribution is 8.01. The predicted molar refractivity (Wildman–Crippen MR) is 136 cm³/mol. The van der Waals surface area contributed by atoms with Crippen molar-refractivity contribution in [1.29, 1.82) is 5.41 Å². The van der Waals surface area contributed by atoms with Gasteiger partial charge in [-0.2, -0.15) is 11.8 Å². The lowest BCUT2D eigenvalue weighted by Crippen LogP contribution is -2.60. The molecule has 1 aliphatic heterocycles. The number of ether oxygens (including phenoxy) is 1. The lowest BCUT2D eigenvalue weighted by molar-refractivity contribution is -0.140. The van der Waals surface area contributed by atoms with E-state index in [1.165, 1.54) is 0 Å². The minimum absolute atomic E-state index is 0.135. The van der Waals surface area contributed by atoms with E-state index in [1.54, 1.807) is 23.6 Å². The van der Waals surface area contributed by atoms with Crippen molar-refractivity contribution in [3.63, 3.8) is 0 Å². The molecule has 1 heterocycles. The number of amidine groups is 1. The van der Waals surface area contributed by atoms with E-state index in [0.29, 0.717) is 25.4 Å². The highest BCUT2D eigenvalue weighted by Gasteiger charge is 2.44. The summed E-state index contributed by atoms with van der Waals surface area (Å²) in [6.07, 6.45) is 4.37. The van der Waals surface area contributed by atoms with Crippen LogP contribution in [-0.2, 0) is 14.3 Å². The van der Waals surface area contributed by atoms with Gasteiger partial charge >= 0.3 is 6.09 Å². The van der Waals surface area contributed by atoms with Crippen LogP contribution in [0.1, 0.15) is 73.1 Å². The molecule has 1 saturated carbocycles. The summed E-state index contributed by atoms with van der Waals surface area (Å²) in [6, 6.07) is -1.35. The normalized spacial score (nSPS) is 23.9. The molecular formula is C24H43N5O4S. The molecule has 1 aliphatic carbocycles. The number of carbonyl (C=O) groups excluding carboxylic acids is 3. The van der Waals surface area contributed by atoms with E-state index in [1.807, 2.05) is 27.7 Å². The average Bonchev–Trinajstić information content (AvgIpc) is 3.25. The van der Waals surface area contributed by atoms with E-state index < -0.39 is 22.9 Å². The first-order valence-electron chi connectivity index (χ1n) is 12.5. The van der Waals surface area contributed by atoms with Crippen LogP contribution in [0, 0.1) is 17.2 Å². The number of amides is 3. The summed E-state index contributed by atoms with van der Waals surface area (Å²) in [5.74, 6) is 0.400. The molecule has 0 unspecified atom stereocenters. The zero-order valence-corrected chi connectivity index (χ0v) is 22.1. The molecule has 194 valence electrons. The first-order chi connectivity index (χ1) is 16.0. The zero-order chi connectivity index (χ0) is 25.5. The summed E-state index contributed by atoms with van der Waals surface area (Å²) in [7, 11) is 0. The van der Waals surface area contributed by atoms with Crippen LogP contribution in [0.3, 0.4) is 0 Å². The molecule has 0 aromatic heterocycles. The molecule has 3 amide bonds. The van der Waals surface area contributed by atoms with Gasteiger partial charge in [0.25, 0.3) is 0 Å². The molecule has 1 saturated heterocycles. The summed E-state index contributed by atoms with van der Waals surface area (Å²) in [5.41, 5.74) is 5.63. The molecule has 34 heavy (non-hydrogen) atoms. The number of thioether (sulfide) groups is 1. The third kappa shape index (κ3) is 7.78. The number of nitrogens with one attached hydrogen (secondary N) is 3. The Bertz CT molecular complexity index is 737. The van der Waals surface area contributed by atoms with Crippen molar-refractivity contribution in [2.75, 3.05) is 19.7 Å². The molecule has 5 N–H and O–H groups in total. The number of rotatable bonds is 10. The van der Waals surface area contributed by atoms with Crippen molar-refractivity contribution in [3.05, 3.63) is 0 Å². The first-order valence-corrected chi connectivity index (χ1v) is 13.4. The van der Waals surface area contributed by atoms with Crippen LogP contribution in [0.5, 0.6) is 0 Å². The largest absolute Gasteiger partial charge is 0.450 e. The molecule has 2 rings (SSSR count). The Labute approximate surface area is 208 Å². The van der Waals surface area contributed by atoms with E-state index in [2.05, 4.69) is 10.6 Å². The highest BCUT2D eigenvalue weighted by Crippen LogP contribution is 2.34. The van der Waals surface area contributed by atoms with E-state index >= 15 is 0 Å². The maximum Gasteiger partial charge on any atom is 0.407 e. The van der Waals surface area contributed by atoms with Crippen LogP contribution in [0.25, 0.3) is 0 Å². The summed E-state index contributed by atoms with van der Waals surface area (Å²) < 4.78 is 4.47. The maximum absolute atomic E-state index is 13.7. The van der Waals surface area contributed by atoms with Crippen LogP contribution in [0.15, 0.2) is 0 Å². The number of alkyl carbamates (subject to hydrolysis) is 1. The smallest absolute Gasteiger partial charge is 0.407 e. The summed E-state index contributed by atoms with van der Waals surface area (Å²) in [4.78, 5) is 40.6. The van der Waals surface area contributed by atoms with Gasteiger partial charge in [-0.1, -0.05) is 13.8 Å². The van der Waals surface area contributed by atoms with Crippen molar-refractivity contribution in [3.8, 4) is 0 Å². The van der Waals surface area contributed by atoms with Gasteiger partial charge in [0, 0.05) is 23.8 Å². The van der Waals surface area contributed by atoms with Gasteiger partial charge in [-0.3, -0.25) is 15.0 Å². The molecule has 2 atom stereocenters. The average molecular weight is 498 g/mol. The minimum atomic E-state index is -0.811. The Balaban J connectivity index is 2.04. The predicted octanol–water partition coefficient (Wildman–Crippen LogP) is 2.87. The number of nitrogens with zero attached hydrogens (tertiary/aromatic N) is 1. The monoisotopic (exact) mass is 497 g/mol. The van der Waals surface area contributed by atoms with E-state index in [-0.39, 0.29) is 35.4 Å². The van der Waals surface area contributed by atoms with Gasteiger partial charge in [0.2, 0.25) is 11.8 Å². The van der Waals surface area contributed by atoms with Crippen molar-refractivity contribution in [1.82, 2.24) is 15.5 Å². The number of hydrogen-bond donors (Lipinski definition) is 4. The Morgan fingerprint density at radius 3 is 2.38 bits per heavy atom. The van der Waals surface area contributed by atoms with Gasteiger partial charge in [0.05, 0.1) is 12.4 Å². The highest BCUT2D eigenvalue weighted by atomic mass is 32.2. The molecule has 2 aliphatic rings. The molecule has 0 aromatic rings. The number of nitrogens with two attached hydrogens (primary N) is 1. The van der Waals surface area contributed by atoms with Crippen molar-refractivity contribution in [2.24, 2.45) is 17.6 Å². The Morgan fingerprint density at radius 2 is 1.82 bits per heavy atom. The zero-order valence-electron chi connectivity index (χ0n) is 21.3. The Hall–Kier alpha value is -1.97. The summed E-state index contributed by atoms with van der Waals surface area (Å²) >= 11 is 1.61. The fraction of sp³-hybridized carbons (Fsp3) is 0.833. The molecule has 0 radical (unpaired) electrons. The fourth-order valence-corrected chi connectivity index (χ4v) is 6.52. The quantitative estimate of drug-likeness (QED) is 0.270. The maximum atomic E-state index is 13.7. The van der Waals surface area contributed by atoms with Crippen molar-refractivity contribution < 1.29 is 19.1 Å². The van der Waals surface area contributed by atoms with E-state index in [9.17, 15) is 14.4 Å². The second-order valence-corrected chi connectivity index (χ2v) is 12.4. The van der Waals surface area contributed by atoms with Crippen LogP contribution in [-0.4, -0.2) is 70.4 Å². The first kappa shape index (κ1) is 28.3.